The number of hydrogen-bond donors (Lipinski definition) is 3. The number of aromatic carboxylic acids is 1. The van der Waals surface area contributed by atoms with Gasteiger partial charge in [0, 0.05) is 24.8 Å². The second-order valence-corrected chi connectivity index (χ2v) is 6.92. The van der Waals surface area contributed by atoms with Crippen molar-refractivity contribution in [2.24, 2.45) is 0 Å². The van der Waals surface area contributed by atoms with Crippen LogP contribution in [-0.2, 0) is 11.2 Å². The van der Waals surface area contributed by atoms with E-state index in [2.05, 4.69) is 10.6 Å². The Morgan fingerprint density at radius 2 is 1.42 bits per heavy atom. The van der Waals surface area contributed by atoms with Gasteiger partial charge in [-0.05, 0) is 73.2 Å². The van der Waals surface area contributed by atoms with E-state index in [9.17, 15) is 19.5 Å². The van der Waals surface area contributed by atoms with Crippen LogP contribution in [0.2, 0.25) is 0 Å². The second-order valence-electron chi connectivity index (χ2n) is 6.92. The number of carbonyl (C=O) groups is 3. The third kappa shape index (κ3) is 5.70. The van der Waals surface area contributed by atoms with Gasteiger partial charge in [-0.2, -0.15) is 0 Å². The van der Waals surface area contributed by atoms with Crippen molar-refractivity contribution in [2.45, 2.75) is 13.3 Å². The summed E-state index contributed by atoms with van der Waals surface area (Å²) < 4.78 is 5.77. The molecule has 0 spiro atoms. The number of Topliss-reactive ketones (excluding diaryl/α,β-unsaturated/α-hetero) is 1. The molecule has 0 bridgehead atoms. The summed E-state index contributed by atoms with van der Waals surface area (Å²) in [6, 6.07) is 18.6. The van der Waals surface area contributed by atoms with Crippen LogP contribution in [0, 0.1) is 0 Å². The lowest BCUT2D eigenvalue weighted by atomic mass is 10.0. The van der Waals surface area contributed by atoms with Crippen molar-refractivity contribution in [3.8, 4) is 11.5 Å². The van der Waals surface area contributed by atoms with Gasteiger partial charge in [-0.3, -0.25) is 9.59 Å². The van der Waals surface area contributed by atoms with Gasteiger partial charge in [-0.1, -0.05) is 6.07 Å². The largest absolute Gasteiger partial charge is 0.478 e. The summed E-state index contributed by atoms with van der Waals surface area (Å²) in [4.78, 5) is 35.5. The highest BCUT2D eigenvalue weighted by Crippen LogP contribution is 2.25. The highest BCUT2D eigenvalue weighted by Gasteiger charge is 2.18. The van der Waals surface area contributed by atoms with Gasteiger partial charge in [-0.25, -0.2) is 4.79 Å². The fraction of sp³-hybridized carbons (Fsp3) is 0.125. The molecule has 7 nitrogen and oxygen atoms in total. The molecule has 3 N–H and O–H groups in total. The number of nitrogens with one attached hydrogen (secondary N) is 2. The van der Waals surface area contributed by atoms with E-state index in [0.29, 0.717) is 22.7 Å². The number of carboxylic acids is 1. The highest BCUT2D eigenvalue weighted by atomic mass is 16.5. The molecule has 3 aromatic carbocycles. The molecule has 0 aliphatic carbocycles. The quantitative estimate of drug-likeness (QED) is 0.494. The zero-order chi connectivity index (χ0) is 22.4. The average Bonchev–Trinajstić information content (AvgIpc) is 2.75. The van der Waals surface area contributed by atoms with E-state index in [-0.39, 0.29) is 23.3 Å². The number of carbonyl (C=O) groups excluding carboxylic acids is 2. The van der Waals surface area contributed by atoms with Crippen molar-refractivity contribution in [1.82, 2.24) is 0 Å². The molecule has 0 aromatic heterocycles. The Kier molecular flexibility index (Phi) is 6.67. The molecule has 0 aliphatic heterocycles. The molecule has 0 atom stereocenters. The lowest BCUT2D eigenvalue weighted by Gasteiger charge is -2.11. The summed E-state index contributed by atoms with van der Waals surface area (Å²) in [7, 11) is 1.84. The first-order valence-corrected chi connectivity index (χ1v) is 9.58. The highest BCUT2D eigenvalue weighted by molar-refractivity contribution is 6.10. The molecule has 158 valence electrons. The van der Waals surface area contributed by atoms with Crippen LogP contribution >= 0.6 is 0 Å². The van der Waals surface area contributed by atoms with Crippen LogP contribution in [0.1, 0.15) is 33.2 Å². The molecule has 0 unspecified atom stereocenters. The minimum atomic E-state index is -1.23. The fourth-order valence-corrected chi connectivity index (χ4v) is 2.99. The van der Waals surface area contributed by atoms with Crippen LogP contribution in [0.15, 0.2) is 66.7 Å². The Balaban J connectivity index is 1.71. The first kappa shape index (κ1) is 21.6. The minimum Gasteiger partial charge on any atom is -0.478 e. The molecule has 3 rings (SSSR count). The lowest BCUT2D eigenvalue weighted by Crippen LogP contribution is -2.17. The zero-order valence-corrected chi connectivity index (χ0v) is 17.1. The number of amides is 1. The van der Waals surface area contributed by atoms with Crippen molar-refractivity contribution >= 4 is 29.0 Å². The van der Waals surface area contributed by atoms with Gasteiger partial charge < -0.3 is 20.5 Å². The molecule has 0 aliphatic rings. The van der Waals surface area contributed by atoms with Gasteiger partial charge in [-0.15, -0.1) is 0 Å². The van der Waals surface area contributed by atoms with E-state index in [0.717, 1.165) is 5.69 Å². The van der Waals surface area contributed by atoms with E-state index in [1.165, 1.54) is 19.1 Å². The zero-order valence-electron chi connectivity index (χ0n) is 17.1. The molecule has 7 heteroatoms. The summed E-state index contributed by atoms with van der Waals surface area (Å²) in [5.74, 6) is -0.608. The molecule has 0 radical (unpaired) electrons. The van der Waals surface area contributed by atoms with Crippen LogP contribution in [0.4, 0.5) is 11.4 Å². The Labute approximate surface area is 179 Å². The number of hydrogen-bond acceptors (Lipinski definition) is 5. The SMILES string of the molecule is CNc1ccc(Oc2ccc(NC(=O)c3ccc(CC(C)=O)cc3C(=O)O)cc2)cc1. The van der Waals surface area contributed by atoms with E-state index in [1.807, 2.05) is 31.3 Å². The number of benzene rings is 3. The molecule has 1 amide bonds. The Hall–Kier alpha value is -4.13. The van der Waals surface area contributed by atoms with Gasteiger partial charge in [0.05, 0.1) is 11.1 Å². The molecule has 0 saturated carbocycles. The molecule has 0 saturated heterocycles. The van der Waals surface area contributed by atoms with Crippen LogP contribution in [0.3, 0.4) is 0 Å². The van der Waals surface area contributed by atoms with Crippen LogP contribution < -0.4 is 15.4 Å². The topological polar surface area (TPSA) is 105 Å². The summed E-state index contributed by atoms with van der Waals surface area (Å²) in [6.07, 6.45) is 0.112. The standard InChI is InChI=1S/C24H22N2O5/c1-15(27)13-16-3-12-21(22(14-16)24(29)30)23(28)26-18-6-10-20(11-7-18)31-19-8-4-17(25-2)5-9-19/h3-12,14,25H,13H2,1-2H3,(H,26,28)(H,29,30). The maximum Gasteiger partial charge on any atom is 0.336 e. The van der Waals surface area contributed by atoms with Gasteiger partial charge in [0.25, 0.3) is 5.91 Å². The molecular formula is C24H22N2O5. The third-order valence-electron chi connectivity index (χ3n) is 4.50. The minimum absolute atomic E-state index is 0.0183. The van der Waals surface area contributed by atoms with E-state index in [1.54, 1.807) is 30.3 Å². The number of rotatable bonds is 8. The number of ether oxygens (including phenoxy) is 1. The summed E-state index contributed by atoms with van der Waals surface area (Å²) >= 11 is 0. The molecule has 0 fully saturated rings. The van der Waals surface area contributed by atoms with Crippen molar-refractivity contribution in [3.63, 3.8) is 0 Å². The first-order valence-electron chi connectivity index (χ1n) is 9.58. The predicted octanol–water partition coefficient (Wildman–Crippen LogP) is 4.60. The Bertz CT molecular complexity index is 1110. The predicted molar refractivity (Wildman–Crippen MR) is 118 cm³/mol. The molecule has 0 heterocycles. The monoisotopic (exact) mass is 418 g/mol. The second kappa shape index (κ2) is 9.58. The number of ketones is 1. The Morgan fingerprint density at radius 3 is 1.94 bits per heavy atom. The summed E-state index contributed by atoms with van der Waals surface area (Å²) in [5.41, 5.74) is 1.88. The summed E-state index contributed by atoms with van der Waals surface area (Å²) in [6.45, 7) is 1.42. The Morgan fingerprint density at radius 1 is 0.839 bits per heavy atom. The maximum atomic E-state index is 12.6. The average molecular weight is 418 g/mol. The normalized spacial score (nSPS) is 10.3. The fourth-order valence-electron chi connectivity index (χ4n) is 2.99. The molecule has 3 aromatic rings. The summed E-state index contributed by atoms with van der Waals surface area (Å²) in [5, 5.41) is 15.2. The molecular weight excluding hydrogens is 396 g/mol. The molecule has 31 heavy (non-hydrogen) atoms. The van der Waals surface area contributed by atoms with Crippen molar-refractivity contribution in [3.05, 3.63) is 83.4 Å². The third-order valence-corrected chi connectivity index (χ3v) is 4.50. The van der Waals surface area contributed by atoms with E-state index in [4.69, 9.17) is 4.74 Å². The van der Waals surface area contributed by atoms with Crippen molar-refractivity contribution < 1.29 is 24.2 Å². The maximum absolute atomic E-state index is 12.6. The number of carboxylic acid groups (broad SMARTS) is 1. The van der Waals surface area contributed by atoms with Gasteiger partial charge in [0.1, 0.15) is 17.3 Å². The van der Waals surface area contributed by atoms with E-state index >= 15 is 0 Å². The van der Waals surface area contributed by atoms with Crippen LogP contribution in [0.25, 0.3) is 0 Å². The van der Waals surface area contributed by atoms with E-state index < -0.39 is 11.9 Å². The van der Waals surface area contributed by atoms with Gasteiger partial charge in [0.15, 0.2) is 0 Å². The smallest absolute Gasteiger partial charge is 0.336 e. The van der Waals surface area contributed by atoms with Crippen molar-refractivity contribution in [2.75, 3.05) is 17.7 Å². The van der Waals surface area contributed by atoms with Crippen LogP contribution in [-0.4, -0.2) is 29.8 Å². The first-order chi connectivity index (χ1) is 14.9. The van der Waals surface area contributed by atoms with Gasteiger partial charge >= 0.3 is 5.97 Å². The van der Waals surface area contributed by atoms with Crippen LogP contribution in [0.5, 0.6) is 11.5 Å². The number of anilines is 2. The van der Waals surface area contributed by atoms with Crippen molar-refractivity contribution in [1.29, 1.82) is 0 Å². The van der Waals surface area contributed by atoms with Gasteiger partial charge in [0.2, 0.25) is 0 Å². The lowest BCUT2D eigenvalue weighted by molar-refractivity contribution is -0.116.